The molecule has 0 radical (unpaired) electrons. The molecule has 4 amide bonds. The van der Waals surface area contributed by atoms with E-state index < -0.39 is 29.2 Å². The Bertz CT molecular complexity index is 715. The SMILES string of the molecule is CCC(CC)(CNC(=O)Nc1cccc(C(=O)N(C)CC(N)=O)c1)C(=O)O. The summed E-state index contributed by atoms with van der Waals surface area (Å²) >= 11 is 0. The minimum Gasteiger partial charge on any atom is -0.481 e. The molecule has 148 valence electrons. The molecule has 0 aliphatic rings. The van der Waals surface area contributed by atoms with Crippen LogP contribution in [0.4, 0.5) is 10.5 Å². The molecular weight excluding hydrogens is 352 g/mol. The maximum Gasteiger partial charge on any atom is 0.319 e. The third-order valence-electron chi connectivity index (χ3n) is 4.50. The topological polar surface area (TPSA) is 142 Å². The van der Waals surface area contributed by atoms with Crippen LogP contribution in [-0.4, -0.2) is 54.0 Å². The van der Waals surface area contributed by atoms with Gasteiger partial charge in [0.2, 0.25) is 5.91 Å². The number of urea groups is 1. The number of nitrogens with one attached hydrogen (secondary N) is 2. The first-order valence-electron chi connectivity index (χ1n) is 8.57. The van der Waals surface area contributed by atoms with E-state index in [-0.39, 0.29) is 18.7 Å². The molecule has 0 atom stereocenters. The van der Waals surface area contributed by atoms with E-state index in [2.05, 4.69) is 10.6 Å². The molecule has 0 unspecified atom stereocenters. The lowest BCUT2D eigenvalue weighted by atomic mass is 9.82. The highest BCUT2D eigenvalue weighted by atomic mass is 16.4. The molecule has 0 aromatic heterocycles. The number of benzene rings is 1. The number of carboxylic acids is 1. The zero-order chi connectivity index (χ0) is 20.6. The lowest BCUT2D eigenvalue weighted by molar-refractivity contribution is -0.149. The van der Waals surface area contributed by atoms with Gasteiger partial charge in [-0.1, -0.05) is 19.9 Å². The Morgan fingerprint density at radius 1 is 1.19 bits per heavy atom. The molecule has 0 aliphatic heterocycles. The van der Waals surface area contributed by atoms with Gasteiger partial charge in [-0.2, -0.15) is 0 Å². The molecule has 0 bridgehead atoms. The van der Waals surface area contributed by atoms with Crippen LogP contribution < -0.4 is 16.4 Å². The van der Waals surface area contributed by atoms with E-state index in [1.807, 2.05) is 0 Å². The number of rotatable bonds is 9. The maximum atomic E-state index is 12.3. The summed E-state index contributed by atoms with van der Waals surface area (Å²) in [6, 6.07) is 5.61. The van der Waals surface area contributed by atoms with E-state index in [0.717, 1.165) is 0 Å². The average molecular weight is 378 g/mol. The van der Waals surface area contributed by atoms with E-state index in [0.29, 0.717) is 18.5 Å². The van der Waals surface area contributed by atoms with E-state index >= 15 is 0 Å². The minimum atomic E-state index is -1.02. The normalized spacial score (nSPS) is 10.8. The van der Waals surface area contributed by atoms with Crippen molar-refractivity contribution in [1.29, 1.82) is 0 Å². The predicted octanol–water partition coefficient (Wildman–Crippen LogP) is 1.26. The lowest BCUT2D eigenvalue weighted by Crippen LogP contribution is -2.43. The molecule has 9 heteroatoms. The molecule has 1 aromatic carbocycles. The van der Waals surface area contributed by atoms with E-state index in [4.69, 9.17) is 5.73 Å². The summed E-state index contributed by atoms with van der Waals surface area (Å²) < 4.78 is 0. The molecular formula is C18H26N4O5. The Hall–Kier alpha value is -3.10. The van der Waals surface area contributed by atoms with Crippen LogP contribution >= 0.6 is 0 Å². The Balaban J connectivity index is 2.77. The van der Waals surface area contributed by atoms with Crippen LogP contribution in [-0.2, 0) is 9.59 Å². The molecule has 0 fully saturated rings. The standard InChI is InChI=1S/C18H26N4O5/c1-4-18(5-2,16(25)26)11-20-17(27)21-13-8-6-7-12(9-13)15(24)22(3)10-14(19)23/h6-9H,4-5,10-11H2,1-3H3,(H2,19,23)(H,25,26)(H2,20,21,27). The van der Waals surface area contributed by atoms with Gasteiger partial charge in [0.05, 0.1) is 12.0 Å². The fraction of sp³-hybridized carbons (Fsp3) is 0.444. The zero-order valence-corrected chi connectivity index (χ0v) is 15.7. The van der Waals surface area contributed by atoms with Gasteiger partial charge in [0.25, 0.3) is 5.91 Å². The molecule has 0 saturated carbocycles. The summed E-state index contributed by atoms with van der Waals surface area (Å²) in [7, 11) is 1.45. The number of nitrogens with zero attached hydrogens (tertiary/aromatic N) is 1. The molecule has 0 spiro atoms. The van der Waals surface area contributed by atoms with Crippen molar-refractivity contribution in [2.75, 3.05) is 25.5 Å². The summed E-state index contributed by atoms with van der Waals surface area (Å²) in [4.78, 5) is 47.9. The summed E-state index contributed by atoms with van der Waals surface area (Å²) in [5, 5.41) is 14.5. The van der Waals surface area contributed by atoms with Crippen molar-refractivity contribution in [1.82, 2.24) is 10.2 Å². The smallest absolute Gasteiger partial charge is 0.319 e. The van der Waals surface area contributed by atoms with Crippen LogP contribution in [0.15, 0.2) is 24.3 Å². The van der Waals surface area contributed by atoms with Crippen LogP contribution in [0.3, 0.4) is 0 Å². The van der Waals surface area contributed by atoms with Crippen LogP contribution in [0.25, 0.3) is 0 Å². The highest BCUT2D eigenvalue weighted by Crippen LogP contribution is 2.25. The van der Waals surface area contributed by atoms with Gasteiger partial charge < -0.3 is 26.4 Å². The highest BCUT2D eigenvalue weighted by molar-refractivity contribution is 5.98. The number of carbonyl (C=O) groups is 4. The van der Waals surface area contributed by atoms with Crippen molar-refractivity contribution in [2.45, 2.75) is 26.7 Å². The second kappa shape index (κ2) is 9.56. The monoisotopic (exact) mass is 378 g/mol. The first kappa shape index (κ1) is 21.9. The van der Waals surface area contributed by atoms with E-state index in [1.165, 1.54) is 18.0 Å². The predicted molar refractivity (Wildman–Crippen MR) is 100 cm³/mol. The number of amides is 4. The average Bonchev–Trinajstić information content (AvgIpc) is 2.61. The van der Waals surface area contributed by atoms with E-state index in [9.17, 15) is 24.3 Å². The number of nitrogens with two attached hydrogens (primary N) is 1. The number of carbonyl (C=O) groups excluding carboxylic acids is 3. The summed E-state index contributed by atoms with van der Waals surface area (Å²) in [6.07, 6.45) is 0.768. The van der Waals surface area contributed by atoms with Gasteiger partial charge in [-0.25, -0.2) is 4.79 Å². The summed E-state index contributed by atoms with van der Waals surface area (Å²) in [5.41, 5.74) is 4.69. The van der Waals surface area contributed by atoms with Gasteiger partial charge in [0, 0.05) is 24.8 Å². The number of likely N-dealkylation sites (N-methyl/N-ethyl adjacent to an activating group) is 1. The van der Waals surface area contributed by atoms with Crippen LogP contribution in [0.2, 0.25) is 0 Å². The first-order chi connectivity index (χ1) is 12.6. The highest BCUT2D eigenvalue weighted by Gasteiger charge is 2.35. The zero-order valence-electron chi connectivity index (χ0n) is 15.7. The summed E-state index contributed by atoms with van der Waals surface area (Å²) in [5.74, 6) is -2.01. The van der Waals surface area contributed by atoms with Gasteiger partial charge >= 0.3 is 12.0 Å². The first-order valence-corrected chi connectivity index (χ1v) is 8.57. The molecule has 9 nitrogen and oxygen atoms in total. The number of hydrogen-bond acceptors (Lipinski definition) is 4. The maximum absolute atomic E-state index is 12.3. The largest absolute Gasteiger partial charge is 0.481 e. The van der Waals surface area contributed by atoms with Crippen molar-refractivity contribution in [3.8, 4) is 0 Å². The van der Waals surface area contributed by atoms with Crippen LogP contribution in [0, 0.1) is 5.41 Å². The molecule has 1 rings (SSSR count). The third kappa shape index (κ3) is 5.98. The number of hydrogen-bond donors (Lipinski definition) is 4. The molecule has 0 saturated heterocycles. The van der Waals surface area contributed by atoms with Crippen molar-refractivity contribution in [3.05, 3.63) is 29.8 Å². The van der Waals surface area contributed by atoms with E-state index in [1.54, 1.807) is 32.0 Å². The van der Waals surface area contributed by atoms with Gasteiger partial charge in [0.15, 0.2) is 0 Å². The van der Waals surface area contributed by atoms with Gasteiger partial charge in [0.1, 0.15) is 0 Å². The van der Waals surface area contributed by atoms with Crippen molar-refractivity contribution < 1.29 is 24.3 Å². The summed E-state index contributed by atoms with van der Waals surface area (Å²) in [6.45, 7) is 3.28. The fourth-order valence-electron chi connectivity index (χ4n) is 2.56. The Morgan fingerprint density at radius 3 is 2.33 bits per heavy atom. The van der Waals surface area contributed by atoms with Crippen LogP contribution in [0.5, 0.6) is 0 Å². The molecule has 27 heavy (non-hydrogen) atoms. The second-order valence-electron chi connectivity index (χ2n) is 6.31. The third-order valence-corrected chi connectivity index (χ3v) is 4.50. The number of carboxylic acid groups (broad SMARTS) is 1. The number of primary amides is 1. The molecule has 5 N–H and O–H groups in total. The molecule has 0 aliphatic carbocycles. The fourth-order valence-corrected chi connectivity index (χ4v) is 2.56. The minimum absolute atomic E-state index is 0.0128. The Kier molecular flexibility index (Phi) is 7.77. The quantitative estimate of drug-likeness (QED) is 0.512. The molecule has 0 heterocycles. The van der Waals surface area contributed by atoms with Crippen molar-refractivity contribution in [3.63, 3.8) is 0 Å². The van der Waals surface area contributed by atoms with Gasteiger partial charge in [-0.05, 0) is 31.0 Å². The van der Waals surface area contributed by atoms with Crippen molar-refractivity contribution >= 4 is 29.5 Å². The Morgan fingerprint density at radius 2 is 1.81 bits per heavy atom. The second-order valence-corrected chi connectivity index (χ2v) is 6.31. The van der Waals surface area contributed by atoms with Gasteiger partial charge in [-0.3, -0.25) is 14.4 Å². The number of aliphatic carboxylic acids is 1. The Labute approximate surface area is 157 Å². The molecule has 1 aromatic rings. The van der Waals surface area contributed by atoms with Crippen LogP contribution in [0.1, 0.15) is 37.0 Å². The van der Waals surface area contributed by atoms with Crippen molar-refractivity contribution in [2.24, 2.45) is 11.1 Å². The van der Waals surface area contributed by atoms with Gasteiger partial charge in [-0.15, -0.1) is 0 Å². The lowest BCUT2D eigenvalue weighted by Gasteiger charge is -2.26. The number of anilines is 1.